The van der Waals surface area contributed by atoms with E-state index in [-0.39, 0.29) is 6.10 Å². The van der Waals surface area contributed by atoms with Crippen LogP contribution in [0.4, 0.5) is 0 Å². The normalized spacial score (nSPS) is 48.3. The monoisotopic (exact) mass is 414 g/mol. The minimum absolute atomic E-state index is 0.0187. The zero-order chi connectivity index (χ0) is 21.7. The third kappa shape index (κ3) is 3.74. The molecule has 0 aromatic heterocycles. The molecule has 172 valence electrons. The number of hydrogen-bond acceptors (Lipinski definition) is 1. The minimum atomic E-state index is -0.0187. The van der Waals surface area contributed by atoms with Crippen molar-refractivity contribution < 1.29 is 5.11 Å². The number of rotatable bonds is 5. The summed E-state index contributed by atoms with van der Waals surface area (Å²) in [5.74, 6) is 6.72. The lowest BCUT2D eigenvalue weighted by Gasteiger charge is -2.61. The molecule has 30 heavy (non-hydrogen) atoms. The van der Waals surface area contributed by atoms with Crippen molar-refractivity contribution in [3.8, 4) is 0 Å². The number of hydrogen-bond donors (Lipinski definition) is 1. The van der Waals surface area contributed by atoms with Gasteiger partial charge in [0.05, 0.1) is 6.10 Å². The topological polar surface area (TPSA) is 20.2 Å². The highest BCUT2D eigenvalue weighted by atomic mass is 16.3. The molecular weight excluding hydrogens is 364 g/mol. The maximum Gasteiger partial charge on any atom is 0.0543 e. The summed E-state index contributed by atoms with van der Waals surface area (Å²) in [6.07, 6.45) is 18.5. The molecule has 4 rings (SSSR count). The molecule has 1 heteroatoms. The summed E-state index contributed by atoms with van der Waals surface area (Å²) in [7, 11) is 0. The Morgan fingerprint density at radius 3 is 2.27 bits per heavy atom. The van der Waals surface area contributed by atoms with Gasteiger partial charge in [0.15, 0.2) is 0 Å². The highest BCUT2D eigenvalue weighted by Gasteiger charge is 2.60. The van der Waals surface area contributed by atoms with Crippen molar-refractivity contribution in [3.63, 3.8) is 0 Å². The number of fused-ring (bicyclic) bond motifs is 5. The molecule has 4 saturated carbocycles. The van der Waals surface area contributed by atoms with Gasteiger partial charge in [-0.2, -0.15) is 0 Å². The van der Waals surface area contributed by atoms with Crippen molar-refractivity contribution in [2.24, 2.45) is 58.2 Å². The molecule has 4 aliphatic rings. The summed E-state index contributed by atoms with van der Waals surface area (Å²) in [4.78, 5) is 0. The van der Waals surface area contributed by atoms with Gasteiger partial charge in [-0.25, -0.2) is 0 Å². The average molecular weight is 415 g/mol. The summed E-state index contributed by atoms with van der Waals surface area (Å²) < 4.78 is 0. The quantitative estimate of drug-likeness (QED) is 0.454. The molecule has 0 bridgehead atoms. The first kappa shape index (κ1) is 22.9. The smallest absolute Gasteiger partial charge is 0.0543 e. The van der Waals surface area contributed by atoms with Gasteiger partial charge in [-0.05, 0) is 122 Å². The third-order valence-corrected chi connectivity index (χ3v) is 11.3. The average Bonchev–Trinajstić information content (AvgIpc) is 3.06. The minimum Gasteiger partial charge on any atom is -0.393 e. The number of aliphatic hydroxyl groups excluding tert-OH is 1. The Bertz CT molecular complexity index is 622. The molecule has 0 amide bonds. The summed E-state index contributed by atoms with van der Waals surface area (Å²) in [5.41, 5.74) is 1.07. The van der Waals surface area contributed by atoms with Crippen LogP contribution in [0.25, 0.3) is 0 Å². The van der Waals surface area contributed by atoms with Gasteiger partial charge in [0.25, 0.3) is 0 Å². The molecule has 0 aromatic carbocycles. The lowest BCUT2D eigenvalue weighted by Crippen LogP contribution is -2.54. The van der Waals surface area contributed by atoms with Crippen molar-refractivity contribution in [3.05, 3.63) is 12.2 Å². The van der Waals surface area contributed by atoms with Crippen molar-refractivity contribution in [2.75, 3.05) is 0 Å². The number of allylic oxidation sites excluding steroid dienone is 2. The molecular formula is C29H50O. The van der Waals surface area contributed by atoms with E-state index in [1.54, 1.807) is 0 Å². The molecule has 1 N–H and O–H groups in total. The van der Waals surface area contributed by atoms with Crippen molar-refractivity contribution in [1.29, 1.82) is 0 Å². The Morgan fingerprint density at radius 2 is 1.57 bits per heavy atom. The molecule has 1 nitrogen and oxygen atoms in total. The second kappa shape index (κ2) is 8.57. The Balaban J connectivity index is 1.49. The molecule has 4 fully saturated rings. The van der Waals surface area contributed by atoms with Crippen LogP contribution in [0.2, 0.25) is 0 Å². The van der Waals surface area contributed by atoms with Crippen LogP contribution >= 0.6 is 0 Å². The summed E-state index contributed by atoms with van der Waals surface area (Å²) in [6, 6.07) is 0. The first-order valence-corrected chi connectivity index (χ1v) is 13.6. The van der Waals surface area contributed by atoms with Gasteiger partial charge in [0.1, 0.15) is 0 Å². The van der Waals surface area contributed by atoms with Crippen LogP contribution < -0.4 is 0 Å². The number of aliphatic hydroxyl groups is 1. The molecule has 0 saturated heterocycles. The first-order valence-electron chi connectivity index (χ1n) is 13.6. The highest BCUT2D eigenvalue weighted by molar-refractivity contribution is 5.11. The van der Waals surface area contributed by atoms with Crippen molar-refractivity contribution >= 4 is 0 Å². The van der Waals surface area contributed by atoms with Gasteiger partial charge in [0.2, 0.25) is 0 Å². The van der Waals surface area contributed by atoms with Gasteiger partial charge in [-0.1, -0.05) is 53.7 Å². The fourth-order valence-electron chi connectivity index (χ4n) is 9.42. The Kier molecular flexibility index (Phi) is 6.53. The van der Waals surface area contributed by atoms with Crippen LogP contribution in [-0.2, 0) is 0 Å². The van der Waals surface area contributed by atoms with Crippen LogP contribution in [0, 0.1) is 58.2 Å². The third-order valence-electron chi connectivity index (χ3n) is 11.3. The molecule has 0 spiro atoms. The SMILES string of the molecule is CC[C@H](/C=C/[C@H](C)[C@@H]1CC[C@@H]2[C@@H]3CC[C@@H]4C[C@H](O)CC[C@]4(C)[C@@H]3CC[C@@]21C)C(C)C. The van der Waals surface area contributed by atoms with E-state index in [9.17, 15) is 5.11 Å². The van der Waals surface area contributed by atoms with E-state index in [0.717, 1.165) is 60.2 Å². The van der Waals surface area contributed by atoms with Crippen LogP contribution in [-0.4, -0.2) is 11.2 Å². The lowest BCUT2D eigenvalue weighted by molar-refractivity contribution is -0.128. The van der Waals surface area contributed by atoms with E-state index in [2.05, 4.69) is 53.7 Å². The fraction of sp³-hybridized carbons (Fsp3) is 0.931. The fourth-order valence-corrected chi connectivity index (χ4v) is 9.42. The van der Waals surface area contributed by atoms with Crippen LogP contribution in [0.5, 0.6) is 0 Å². The standard InChI is InChI=1S/C29H50O/c1-7-21(19(2)3)9-8-20(4)25-12-13-26-24-11-10-22-18-23(30)14-16-28(22,5)27(24)15-17-29(25,26)6/h8-9,19-27,30H,7,10-18H2,1-6H3/b9-8+/t20-,21+,22+,23+,24-,25-,26+,27+,28-,29+/m0/s1. The van der Waals surface area contributed by atoms with Crippen LogP contribution in [0.15, 0.2) is 12.2 Å². The second-order valence-corrected chi connectivity index (χ2v) is 12.9. The maximum atomic E-state index is 10.3. The summed E-state index contributed by atoms with van der Waals surface area (Å²) in [5, 5.41) is 10.3. The second-order valence-electron chi connectivity index (χ2n) is 12.9. The summed E-state index contributed by atoms with van der Waals surface area (Å²) >= 11 is 0. The highest BCUT2D eigenvalue weighted by Crippen LogP contribution is 2.68. The Morgan fingerprint density at radius 1 is 0.867 bits per heavy atom. The van der Waals surface area contributed by atoms with E-state index >= 15 is 0 Å². The van der Waals surface area contributed by atoms with Gasteiger partial charge in [-0.15, -0.1) is 0 Å². The van der Waals surface area contributed by atoms with Crippen molar-refractivity contribution in [1.82, 2.24) is 0 Å². The van der Waals surface area contributed by atoms with Crippen LogP contribution in [0.3, 0.4) is 0 Å². The molecule has 0 aliphatic heterocycles. The predicted octanol–water partition coefficient (Wildman–Crippen LogP) is 7.88. The van der Waals surface area contributed by atoms with Crippen LogP contribution in [0.1, 0.15) is 106 Å². The van der Waals surface area contributed by atoms with Gasteiger partial charge < -0.3 is 5.11 Å². The van der Waals surface area contributed by atoms with Gasteiger partial charge in [-0.3, -0.25) is 0 Å². The van der Waals surface area contributed by atoms with E-state index < -0.39 is 0 Å². The largest absolute Gasteiger partial charge is 0.393 e. The zero-order valence-electron chi connectivity index (χ0n) is 20.9. The molecule has 0 heterocycles. The Labute approximate surface area is 187 Å². The molecule has 4 aliphatic carbocycles. The van der Waals surface area contributed by atoms with Crippen molar-refractivity contribution in [2.45, 2.75) is 112 Å². The lowest BCUT2D eigenvalue weighted by atomic mass is 9.44. The first-order chi connectivity index (χ1) is 14.2. The van der Waals surface area contributed by atoms with Gasteiger partial charge >= 0.3 is 0 Å². The predicted molar refractivity (Wildman–Crippen MR) is 128 cm³/mol. The van der Waals surface area contributed by atoms with E-state index in [1.165, 1.54) is 51.4 Å². The Hall–Kier alpha value is -0.300. The summed E-state index contributed by atoms with van der Waals surface area (Å²) in [6.45, 7) is 14.9. The van der Waals surface area contributed by atoms with Gasteiger partial charge in [0, 0.05) is 0 Å². The van der Waals surface area contributed by atoms with E-state index in [0.29, 0.717) is 10.8 Å². The zero-order valence-corrected chi connectivity index (χ0v) is 20.9. The maximum absolute atomic E-state index is 10.3. The molecule has 0 aromatic rings. The molecule has 0 radical (unpaired) electrons. The van der Waals surface area contributed by atoms with E-state index in [1.807, 2.05) is 0 Å². The molecule has 0 unspecified atom stereocenters. The van der Waals surface area contributed by atoms with E-state index in [4.69, 9.17) is 0 Å². The molecule has 10 atom stereocenters.